The van der Waals surface area contributed by atoms with Crippen LogP contribution in [0.3, 0.4) is 0 Å². The van der Waals surface area contributed by atoms with Gasteiger partial charge in [-0.3, -0.25) is 9.89 Å². The van der Waals surface area contributed by atoms with Gasteiger partial charge in [-0.2, -0.15) is 5.10 Å². The van der Waals surface area contributed by atoms with Crippen LogP contribution in [0.2, 0.25) is 5.02 Å². The van der Waals surface area contributed by atoms with E-state index in [0.717, 1.165) is 10.9 Å². The number of carbonyl (C=O) groups is 1. The third kappa shape index (κ3) is 3.07. The van der Waals surface area contributed by atoms with Gasteiger partial charge in [0.1, 0.15) is 12.0 Å². The quantitative estimate of drug-likeness (QED) is 0.587. The standard InChI is InChI=1S/C18H12ClN5O/c19-14-9-16(23-15-4-2-1-3-13(14)15)18(25)22-12-7-5-11(6-8-12)17-20-10-21-24-17/h1-10H,(H,22,25)(H,20,21,24). The predicted molar refractivity (Wildman–Crippen MR) is 96.5 cm³/mol. The molecular formula is C18H12ClN5O. The topological polar surface area (TPSA) is 83.6 Å². The number of anilines is 1. The van der Waals surface area contributed by atoms with Gasteiger partial charge >= 0.3 is 0 Å². The van der Waals surface area contributed by atoms with E-state index in [9.17, 15) is 4.79 Å². The van der Waals surface area contributed by atoms with Crippen LogP contribution in [0.25, 0.3) is 22.3 Å². The Kier molecular flexibility index (Phi) is 3.87. The van der Waals surface area contributed by atoms with Crippen molar-refractivity contribution in [1.29, 1.82) is 0 Å². The van der Waals surface area contributed by atoms with Crippen LogP contribution in [0.15, 0.2) is 60.9 Å². The molecule has 0 fully saturated rings. The first-order valence-corrected chi connectivity index (χ1v) is 7.91. The summed E-state index contributed by atoms with van der Waals surface area (Å²) in [5, 5.41) is 10.7. The molecule has 0 bridgehead atoms. The maximum atomic E-state index is 12.5. The maximum absolute atomic E-state index is 12.5. The number of aromatic amines is 1. The zero-order chi connectivity index (χ0) is 17.2. The van der Waals surface area contributed by atoms with Crippen molar-refractivity contribution < 1.29 is 4.79 Å². The maximum Gasteiger partial charge on any atom is 0.274 e. The molecule has 2 heterocycles. The van der Waals surface area contributed by atoms with Gasteiger partial charge in [0, 0.05) is 16.6 Å². The number of aromatic nitrogens is 4. The smallest absolute Gasteiger partial charge is 0.274 e. The van der Waals surface area contributed by atoms with Gasteiger partial charge in [0.2, 0.25) is 0 Å². The molecular weight excluding hydrogens is 338 g/mol. The number of rotatable bonds is 3. The highest BCUT2D eigenvalue weighted by atomic mass is 35.5. The summed E-state index contributed by atoms with van der Waals surface area (Å²) in [6.07, 6.45) is 1.44. The summed E-state index contributed by atoms with van der Waals surface area (Å²) in [6, 6.07) is 16.3. The first-order valence-electron chi connectivity index (χ1n) is 7.53. The first kappa shape index (κ1) is 15.3. The van der Waals surface area contributed by atoms with Crippen LogP contribution in [0.1, 0.15) is 10.5 Å². The van der Waals surface area contributed by atoms with Crippen molar-refractivity contribution in [2.45, 2.75) is 0 Å². The minimum absolute atomic E-state index is 0.267. The summed E-state index contributed by atoms with van der Waals surface area (Å²) >= 11 is 6.25. The Hall–Kier alpha value is -3.25. The number of halogens is 1. The van der Waals surface area contributed by atoms with E-state index in [2.05, 4.69) is 25.5 Å². The minimum atomic E-state index is -0.319. The molecule has 1 amide bonds. The van der Waals surface area contributed by atoms with Crippen LogP contribution < -0.4 is 5.32 Å². The Labute approximate surface area is 147 Å². The fourth-order valence-electron chi connectivity index (χ4n) is 2.50. The molecule has 4 rings (SSSR count). The van der Waals surface area contributed by atoms with Crippen LogP contribution in [-0.2, 0) is 0 Å². The molecule has 0 aliphatic heterocycles. The van der Waals surface area contributed by atoms with E-state index in [1.807, 2.05) is 36.4 Å². The van der Waals surface area contributed by atoms with Gasteiger partial charge in [-0.15, -0.1) is 0 Å². The number of para-hydroxylation sites is 1. The second kappa shape index (κ2) is 6.33. The molecule has 122 valence electrons. The number of hydrogen-bond donors (Lipinski definition) is 2. The van der Waals surface area contributed by atoms with Crippen LogP contribution in [0.5, 0.6) is 0 Å². The van der Waals surface area contributed by atoms with Crippen molar-refractivity contribution in [3.8, 4) is 11.4 Å². The van der Waals surface area contributed by atoms with Gasteiger partial charge in [0.25, 0.3) is 5.91 Å². The van der Waals surface area contributed by atoms with E-state index < -0.39 is 0 Å². The predicted octanol–water partition coefficient (Wildman–Crippen LogP) is 3.93. The van der Waals surface area contributed by atoms with Crippen molar-refractivity contribution in [2.24, 2.45) is 0 Å². The van der Waals surface area contributed by atoms with Crippen LogP contribution in [0.4, 0.5) is 5.69 Å². The molecule has 0 spiro atoms. The lowest BCUT2D eigenvalue weighted by Gasteiger charge is -2.07. The Morgan fingerprint density at radius 3 is 2.64 bits per heavy atom. The van der Waals surface area contributed by atoms with E-state index in [0.29, 0.717) is 22.1 Å². The molecule has 7 heteroatoms. The van der Waals surface area contributed by atoms with Crippen molar-refractivity contribution in [1.82, 2.24) is 20.2 Å². The molecule has 0 aliphatic carbocycles. The summed E-state index contributed by atoms with van der Waals surface area (Å²) in [7, 11) is 0. The number of carbonyl (C=O) groups excluding carboxylic acids is 1. The fourth-order valence-corrected chi connectivity index (χ4v) is 2.76. The summed E-state index contributed by atoms with van der Waals surface area (Å²) in [4.78, 5) is 20.9. The number of nitrogens with zero attached hydrogens (tertiary/aromatic N) is 3. The van der Waals surface area contributed by atoms with Crippen molar-refractivity contribution in [3.05, 3.63) is 71.6 Å². The number of hydrogen-bond acceptors (Lipinski definition) is 4. The number of benzene rings is 2. The van der Waals surface area contributed by atoms with Gasteiger partial charge in [-0.05, 0) is 36.4 Å². The molecule has 0 atom stereocenters. The highest BCUT2D eigenvalue weighted by Gasteiger charge is 2.12. The number of nitrogens with one attached hydrogen (secondary N) is 2. The molecule has 2 N–H and O–H groups in total. The number of amides is 1. The third-order valence-corrected chi connectivity index (χ3v) is 4.04. The lowest BCUT2D eigenvalue weighted by Crippen LogP contribution is -2.13. The lowest BCUT2D eigenvalue weighted by atomic mass is 10.2. The van der Waals surface area contributed by atoms with E-state index in [-0.39, 0.29) is 11.6 Å². The van der Waals surface area contributed by atoms with Gasteiger partial charge in [0.15, 0.2) is 5.82 Å². The van der Waals surface area contributed by atoms with E-state index in [4.69, 9.17) is 11.6 Å². The van der Waals surface area contributed by atoms with Crippen molar-refractivity contribution in [2.75, 3.05) is 5.32 Å². The average Bonchev–Trinajstić information content (AvgIpc) is 3.17. The van der Waals surface area contributed by atoms with Crippen LogP contribution in [0, 0.1) is 0 Å². The molecule has 6 nitrogen and oxygen atoms in total. The van der Waals surface area contributed by atoms with Gasteiger partial charge in [0.05, 0.1) is 10.5 Å². The third-order valence-electron chi connectivity index (χ3n) is 3.73. The molecule has 0 saturated carbocycles. The normalized spacial score (nSPS) is 10.8. The minimum Gasteiger partial charge on any atom is -0.321 e. The zero-order valence-electron chi connectivity index (χ0n) is 12.9. The zero-order valence-corrected chi connectivity index (χ0v) is 13.7. The molecule has 0 radical (unpaired) electrons. The second-order valence-electron chi connectivity index (χ2n) is 5.37. The van der Waals surface area contributed by atoms with Gasteiger partial charge in [-0.25, -0.2) is 9.97 Å². The molecule has 2 aromatic carbocycles. The Morgan fingerprint density at radius 2 is 1.88 bits per heavy atom. The van der Waals surface area contributed by atoms with Crippen molar-refractivity contribution in [3.63, 3.8) is 0 Å². The van der Waals surface area contributed by atoms with E-state index in [1.54, 1.807) is 18.2 Å². The Bertz CT molecular complexity index is 1040. The molecule has 4 aromatic rings. The summed E-state index contributed by atoms with van der Waals surface area (Å²) in [6.45, 7) is 0. The average molecular weight is 350 g/mol. The monoisotopic (exact) mass is 349 g/mol. The highest BCUT2D eigenvalue weighted by molar-refractivity contribution is 6.35. The molecule has 25 heavy (non-hydrogen) atoms. The van der Waals surface area contributed by atoms with Crippen molar-refractivity contribution >= 4 is 34.1 Å². The summed E-state index contributed by atoms with van der Waals surface area (Å²) in [5.41, 5.74) is 2.48. The highest BCUT2D eigenvalue weighted by Crippen LogP contribution is 2.23. The lowest BCUT2D eigenvalue weighted by molar-refractivity contribution is 0.102. The Balaban J connectivity index is 1.57. The molecule has 2 aromatic heterocycles. The van der Waals surface area contributed by atoms with Crippen LogP contribution in [-0.4, -0.2) is 26.1 Å². The van der Waals surface area contributed by atoms with Crippen LogP contribution >= 0.6 is 11.6 Å². The first-order chi connectivity index (χ1) is 12.2. The second-order valence-corrected chi connectivity index (χ2v) is 5.78. The molecule has 0 aliphatic rings. The van der Waals surface area contributed by atoms with E-state index in [1.165, 1.54) is 6.33 Å². The summed E-state index contributed by atoms with van der Waals surface area (Å²) in [5.74, 6) is 0.348. The largest absolute Gasteiger partial charge is 0.321 e. The van der Waals surface area contributed by atoms with E-state index >= 15 is 0 Å². The molecule has 0 unspecified atom stereocenters. The fraction of sp³-hybridized carbons (Fsp3) is 0. The number of H-pyrrole nitrogens is 1. The van der Waals surface area contributed by atoms with Gasteiger partial charge in [-0.1, -0.05) is 29.8 Å². The number of fused-ring (bicyclic) bond motifs is 1. The molecule has 0 saturated heterocycles. The number of pyridine rings is 1. The Morgan fingerprint density at radius 1 is 1.08 bits per heavy atom. The van der Waals surface area contributed by atoms with Gasteiger partial charge < -0.3 is 5.32 Å². The SMILES string of the molecule is O=C(Nc1ccc(-c2ncn[nH]2)cc1)c1cc(Cl)c2ccccc2n1. The summed E-state index contributed by atoms with van der Waals surface area (Å²) < 4.78 is 0.